The zero-order chi connectivity index (χ0) is 30.3. The topological polar surface area (TPSA) is 67.7 Å². The van der Waals surface area contributed by atoms with Gasteiger partial charge in [0.05, 0.1) is 28.0 Å². The summed E-state index contributed by atoms with van der Waals surface area (Å²) in [6.07, 6.45) is 5.53. The Hall–Kier alpha value is -6.27. The fourth-order valence-corrected chi connectivity index (χ4v) is 6.04. The maximum absolute atomic E-state index is 5.24. The summed E-state index contributed by atoms with van der Waals surface area (Å²) in [5, 5.41) is 3.09. The third-order valence-electron chi connectivity index (χ3n) is 8.06. The number of aromatic nitrogens is 5. The quantitative estimate of drug-likeness (QED) is 0.183. The maximum atomic E-state index is 5.24. The summed E-state index contributed by atoms with van der Waals surface area (Å²) >= 11 is 0. The molecule has 7 aromatic rings. The number of fused-ring (bicyclic) bond motifs is 2. The zero-order valence-electron chi connectivity index (χ0n) is 24.3. The second-order valence-corrected chi connectivity index (χ2v) is 10.6. The first-order chi connectivity index (χ1) is 22.2. The van der Waals surface area contributed by atoms with Gasteiger partial charge in [-0.1, -0.05) is 110 Å². The van der Waals surface area contributed by atoms with Crippen molar-refractivity contribution >= 4 is 38.8 Å². The molecule has 0 aliphatic carbocycles. The van der Waals surface area contributed by atoms with Crippen molar-refractivity contribution in [2.75, 3.05) is 4.90 Å². The van der Waals surface area contributed by atoms with Gasteiger partial charge in [0.15, 0.2) is 17.5 Å². The van der Waals surface area contributed by atoms with E-state index in [1.54, 1.807) is 0 Å². The molecule has 3 aromatic heterocycles. The van der Waals surface area contributed by atoms with Gasteiger partial charge in [-0.3, -0.25) is 9.88 Å². The third kappa shape index (κ3) is 4.31. The molecule has 1 aliphatic rings. The number of para-hydroxylation sites is 2. The highest BCUT2D eigenvalue weighted by atomic mass is 15.2. The average molecular weight is 579 g/mol. The average Bonchev–Trinajstić information content (AvgIpc) is 3.12. The van der Waals surface area contributed by atoms with Crippen LogP contribution in [-0.2, 0) is 0 Å². The van der Waals surface area contributed by atoms with E-state index < -0.39 is 0 Å². The van der Waals surface area contributed by atoms with Crippen LogP contribution in [0, 0.1) is 0 Å². The molecule has 0 unspecified atom stereocenters. The molecular formula is C39H26N6. The molecule has 8 rings (SSSR count). The lowest BCUT2D eigenvalue weighted by atomic mass is 9.95. The predicted molar refractivity (Wildman–Crippen MR) is 183 cm³/mol. The Bertz CT molecular complexity index is 2250. The molecule has 0 amide bonds. The molecule has 0 saturated carbocycles. The highest BCUT2D eigenvalue weighted by Gasteiger charge is 2.31. The smallest absolute Gasteiger partial charge is 0.166 e. The standard InChI is InChI=1S/C39H26N6/c1-3-27-32(4-2)45(39-34-29(23-24-40-35(27)34)28-19-11-13-21-31(28)41-39)33-22-14-12-20-30(33)38-43-36(25-15-7-5-8-16-25)42-37(44-38)26-17-9-6-10-18-26/h3-24H,1-2H2. The Morgan fingerprint density at radius 2 is 1.18 bits per heavy atom. The van der Waals surface area contributed by atoms with Crippen LogP contribution in [0.3, 0.4) is 0 Å². The molecule has 0 bridgehead atoms. The molecule has 4 heterocycles. The summed E-state index contributed by atoms with van der Waals surface area (Å²) in [4.78, 5) is 27.2. The van der Waals surface area contributed by atoms with Gasteiger partial charge < -0.3 is 0 Å². The molecule has 1 aliphatic heterocycles. The number of pyridine rings is 2. The number of anilines is 2. The third-order valence-corrected chi connectivity index (χ3v) is 8.06. The molecule has 0 fully saturated rings. The van der Waals surface area contributed by atoms with Crippen molar-refractivity contribution in [1.82, 2.24) is 24.9 Å². The van der Waals surface area contributed by atoms with E-state index in [0.29, 0.717) is 17.5 Å². The van der Waals surface area contributed by atoms with Crippen LogP contribution >= 0.6 is 0 Å². The highest BCUT2D eigenvalue weighted by molar-refractivity contribution is 6.17. The van der Waals surface area contributed by atoms with E-state index >= 15 is 0 Å². The Kier molecular flexibility index (Phi) is 6.31. The summed E-state index contributed by atoms with van der Waals surface area (Å²) < 4.78 is 0. The fourth-order valence-electron chi connectivity index (χ4n) is 6.04. The Morgan fingerprint density at radius 1 is 0.556 bits per heavy atom. The summed E-state index contributed by atoms with van der Waals surface area (Å²) in [5.41, 5.74) is 6.93. The van der Waals surface area contributed by atoms with Crippen LogP contribution in [-0.4, -0.2) is 24.9 Å². The first-order valence-corrected chi connectivity index (χ1v) is 14.7. The summed E-state index contributed by atoms with van der Waals surface area (Å²) in [6.45, 7) is 8.40. The summed E-state index contributed by atoms with van der Waals surface area (Å²) in [5.74, 6) is 2.51. The van der Waals surface area contributed by atoms with E-state index in [1.165, 1.54) is 0 Å². The number of allylic oxidation sites excluding steroid dienone is 3. The van der Waals surface area contributed by atoms with Crippen LogP contribution in [0.15, 0.2) is 152 Å². The molecule has 6 nitrogen and oxygen atoms in total. The van der Waals surface area contributed by atoms with Gasteiger partial charge in [0, 0.05) is 33.8 Å². The van der Waals surface area contributed by atoms with Crippen LogP contribution in [0.25, 0.3) is 61.4 Å². The van der Waals surface area contributed by atoms with E-state index in [2.05, 4.69) is 36.3 Å². The molecule has 0 radical (unpaired) electrons. The second kappa shape index (κ2) is 10.8. The number of hydrogen-bond acceptors (Lipinski definition) is 6. The Balaban J connectivity index is 1.43. The van der Waals surface area contributed by atoms with Crippen molar-refractivity contribution in [2.24, 2.45) is 0 Å². The number of nitrogens with zero attached hydrogens (tertiary/aromatic N) is 6. The molecule has 6 heteroatoms. The van der Waals surface area contributed by atoms with Gasteiger partial charge in [-0.05, 0) is 35.7 Å². The Morgan fingerprint density at radius 3 is 1.87 bits per heavy atom. The van der Waals surface area contributed by atoms with Crippen molar-refractivity contribution < 1.29 is 0 Å². The maximum Gasteiger partial charge on any atom is 0.166 e. The minimum Gasteiger partial charge on any atom is -0.293 e. The molecule has 0 atom stereocenters. The monoisotopic (exact) mass is 578 g/mol. The molecule has 212 valence electrons. The molecule has 4 aromatic carbocycles. The minimum atomic E-state index is 0.552. The molecule has 45 heavy (non-hydrogen) atoms. The normalized spacial score (nSPS) is 12.5. The van der Waals surface area contributed by atoms with Gasteiger partial charge in [0.1, 0.15) is 5.82 Å². The minimum absolute atomic E-state index is 0.552. The van der Waals surface area contributed by atoms with Crippen molar-refractivity contribution in [3.63, 3.8) is 0 Å². The largest absolute Gasteiger partial charge is 0.293 e. The van der Waals surface area contributed by atoms with Gasteiger partial charge >= 0.3 is 0 Å². The van der Waals surface area contributed by atoms with Crippen LogP contribution in [0.2, 0.25) is 0 Å². The van der Waals surface area contributed by atoms with Crippen molar-refractivity contribution in [1.29, 1.82) is 0 Å². The summed E-state index contributed by atoms with van der Waals surface area (Å²) in [6, 6.07) is 38.4. The van der Waals surface area contributed by atoms with Crippen LogP contribution < -0.4 is 4.90 Å². The first kappa shape index (κ1) is 26.4. The van der Waals surface area contributed by atoms with E-state index in [0.717, 1.165) is 66.8 Å². The number of benzene rings is 4. The van der Waals surface area contributed by atoms with E-state index in [-0.39, 0.29) is 0 Å². The van der Waals surface area contributed by atoms with Gasteiger partial charge in [0.2, 0.25) is 0 Å². The number of rotatable bonds is 6. The van der Waals surface area contributed by atoms with Crippen molar-refractivity contribution in [2.45, 2.75) is 0 Å². The predicted octanol–water partition coefficient (Wildman–Crippen LogP) is 9.20. The number of hydrogen-bond donors (Lipinski definition) is 0. The van der Waals surface area contributed by atoms with E-state index in [9.17, 15) is 0 Å². The highest BCUT2D eigenvalue weighted by Crippen LogP contribution is 2.47. The molecule has 0 N–H and O–H groups in total. The van der Waals surface area contributed by atoms with Crippen molar-refractivity contribution in [3.8, 4) is 34.2 Å². The van der Waals surface area contributed by atoms with Gasteiger partial charge in [-0.15, -0.1) is 0 Å². The second-order valence-electron chi connectivity index (χ2n) is 10.6. The lowest BCUT2D eigenvalue weighted by Crippen LogP contribution is -2.23. The van der Waals surface area contributed by atoms with Crippen LogP contribution in [0.5, 0.6) is 0 Å². The lowest BCUT2D eigenvalue weighted by Gasteiger charge is -2.33. The van der Waals surface area contributed by atoms with Crippen LogP contribution in [0.1, 0.15) is 5.69 Å². The zero-order valence-corrected chi connectivity index (χ0v) is 24.3. The molecular weight excluding hydrogens is 552 g/mol. The summed E-state index contributed by atoms with van der Waals surface area (Å²) in [7, 11) is 0. The van der Waals surface area contributed by atoms with Gasteiger partial charge in [0.25, 0.3) is 0 Å². The van der Waals surface area contributed by atoms with E-state index in [1.807, 2.05) is 115 Å². The van der Waals surface area contributed by atoms with Gasteiger partial charge in [-0.2, -0.15) is 0 Å². The SMILES string of the molecule is C=CC1=C(C=C)N(c2ccccc2-c2nc(-c3ccccc3)nc(-c3ccccc3)n2)c2nc3ccccc3c3ccnc1c23. The lowest BCUT2D eigenvalue weighted by molar-refractivity contribution is 1.07. The Labute approximate surface area is 260 Å². The van der Waals surface area contributed by atoms with E-state index in [4.69, 9.17) is 24.9 Å². The van der Waals surface area contributed by atoms with Crippen LogP contribution in [0.4, 0.5) is 11.5 Å². The molecule has 0 saturated heterocycles. The van der Waals surface area contributed by atoms with Gasteiger partial charge in [-0.25, -0.2) is 19.9 Å². The van der Waals surface area contributed by atoms with Crippen molar-refractivity contribution in [3.05, 3.63) is 158 Å². The fraction of sp³-hybridized carbons (Fsp3) is 0. The molecule has 0 spiro atoms. The first-order valence-electron chi connectivity index (χ1n) is 14.7.